The number of hydrogen-bond acceptors (Lipinski definition) is 2. The molecule has 1 N–H and O–H groups in total. The van der Waals surface area contributed by atoms with Crippen molar-refractivity contribution >= 4 is 33.3 Å². The Morgan fingerprint density at radius 2 is 1.91 bits per heavy atom. The van der Waals surface area contributed by atoms with E-state index in [-0.39, 0.29) is 17.4 Å². The van der Waals surface area contributed by atoms with Gasteiger partial charge in [0.2, 0.25) is 5.91 Å². The van der Waals surface area contributed by atoms with Gasteiger partial charge in [0.1, 0.15) is 5.82 Å². The van der Waals surface area contributed by atoms with E-state index in [2.05, 4.69) is 21.2 Å². The molecule has 3 atom stereocenters. The molecule has 2 aliphatic rings. The van der Waals surface area contributed by atoms with Gasteiger partial charge in [-0.3, -0.25) is 9.59 Å². The van der Waals surface area contributed by atoms with Gasteiger partial charge < -0.3 is 5.32 Å². The fraction of sp³-hybridized carbons (Fsp3) is 0.529. The Labute approximate surface area is 137 Å². The Morgan fingerprint density at radius 1 is 1.27 bits per heavy atom. The molecule has 1 aromatic rings. The molecule has 3 rings (SSSR count). The van der Waals surface area contributed by atoms with Crippen molar-refractivity contribution in [3.63, 3.8) is 0 Å². The molecular formula is C17H19BrFNO2. The van der Waals surface area contributed by atoms with E-state index in [9.17, 15) is 14.0 Å². The van der Waals surface area contributed by atoms with Crippen LogP contribution in [0.5, 0.6) is 0 Å². The van der Waals surface area contributed by atoms with Gasteiger partial charge in [0.15, 0.2) is 5.78 Å². The molecule has 2 saturated carbocycles. The molecule has 0 unspecified atom stereocenters. The number of anilines is 1. The standard InChI is InChI=1S/C17H19BrFNO2/c1-15(2)16(3)8-9-17(15,12(18)13(16)21)14(22)20-11-7-5-4-6-10(11)19/h4-7,12H,8-9H2,1-3H3,(H,20,22)/t12-,16+,17-/m0/s1. The molecule has 0 aliphatic heterocycles. The summed E-state index contributed by atoms with van der Waals surface area (Å²) in [6.45, 7) is 5.88. The van der Waals surface area contributed by atoms with Crippen molar-refractivity contribution in [2.75, 3.05) is 5.32 Å². The van der Waals surface area contributed by atoms with Gasteiger partial charge in [0.25, 0.3) is 0 Å². The molecular weight excluding hydrogens is 349 g/mol. The van der Waals surface area contributed by atoms with Gasteiger partial charge in [-0.25, -0.2) is 4.39 Å². The highest BCUT2D eigenvalue weighted by Gasteiger charge is 2.76. The van der Waals surface area contributed by atoms with Crippen LogP contribution in [0.1, 0.15) is 33.6 Å². The number of Topliss-reactive ketones (excluding diaryl/α,β-unsaturated/α-hetero) is 1. The molecule has 2 fully saturated rings. The summed E-state index contributed by atoms with van der Waals surface area (Å²) >= 11 is 3.46. The van der Waals surface area contributed by atoms with Crippen LogP contribution >= 0.6 is 15.9 Å². The van der Waals surface area contributed by atoms with Gasteiger partial charge in [-0.2, -0.15) is 0 Å². The molecule has 0 aromatic heterocycles. The van der Waals surface area contributed by atoms with E-state index in [0.717, 1.165) is 0 Å². The lowest BCUT2D eigenvalue weighted by Gasteiger charge is -2.39. The largest absolute Gasteiger partial charge is 0.323 e. The van der Waals surface area contributed by atoms with Crippen LogP contribution in [0.2, 0.25) is 0 Å². The quantitative estimate of drug-likeness (QED) is 0.805. The number of amides is 1. The Balaban J connectivity index is 2.02. The molecule has 2 aliphatic carbocycles. The summed E-state index contributed by atoms with van der Waals surface area (Å²) in [6.07, 6.45) is 1.31. The van der Waals surface area contributed by atoms with Crippen LogP contribution in [0.4, 0.5) is 10.1 Å². The number of fused-ring (bicyclic) bond motifs is 2. The second-order valence-electron chi connectivity index (χ2n) is 7.09. The number of nitrogens with one attached hydrogen (secondary N) is 1. The number of hydrogen-bond donors (Lipinski definition) is 1. The first kappa shape index (κ1) is 15.7. The third-order valence-corrected chi connectivity index (χ3v) is 7.45. The molecule has 0 saturated heterocycles. The number of ketones is 1. The van der Waals surface area contributed by atoms with Crippen LogP contribution in [-0.2, 0) is 9.59 Å². The monoisotopic (exact) mass is 367 g/mol. The Kier molecular flexibility index (Phi) is 3.30. The van der Waals surface area contributed by atoms with Gasteiger partial charge in [0, 0.05) is 5.41 Å². The van der Waals surface area contributed by atoms with Crippen molar-refractivity contribution in [3.05, 3.63) is 30.1 Å². The van der Waals surface area contributed by atoms with E-state index < -0.39 is 26.9 Å². The van der Waals surface area contributed by atoms with E-state index in [0.29, 0.717) is 12.8 Å². The maximum absolute atomic E-state index is 13.8. The number of rotatable bonds is 2. The predicted molar refractivity (Wildman–Crippen MR) is 86.3 cm³/mol. The minimum atomic E-state index is -0.846. The summed E-state index contributed by atoms with van der Waals surface area (Å²) in [6, 6.07) is 6.09. The molecule has 3 nitrogen and oxygen atoms in total. The first-order valence-corrected chi connectivity index (χ1v) is 8.34. The molecule has 0 radical (unpaired) electrons. The highest BCUT2D eigenvalue weighted by atomic mass is 79.9. The summed E-state index contributed by atoms with van der Waals surface area (Å²) in [4.78, 5) is 25.1. The zero-order valence-corrected chi connectivity index (χ0v) is 14.5. The van der Waals surface area contributed by atoms with E-state index in [1.165, 1.54) is 12.1 Å². The Bertz CT molecular complexity index is 674. The fourth-order valence-corrected chi connectivity index (χ4v) is 5.77. The zero-order valence-electron chi connectivity index (χ0n) is 12.9. The van der Waals surface area contributed by atoms with Crippen LogP contribution in [0.15, 0.2) is 24.3 Å². The van der Waals surface area contributed by atoms with Crippen LogP contribution < -0.4 is 5.32 Å². The van der Waals surface area contributed by atoms with E-state index in [1.807, 2.05) is 20.8 Å². The summed E-state index contributed by atoms with van der Waals surface area (Å²) in [5.41, 5.74) is -1.69. The summed E-state index contributed by atoms with van der Waals surface area (Å²) in [5.74, 6) is -0.673. The third kappa shape index (κ3) is 1.60. The van der Waals surface area contributed by atoms with Gasteiger partial charge >= 0.3 is 0 Å². The number of halogens is 2. The fourth-order valence-electron chi connectivity index (χ4n) is 4.25. The summed E-state index contributed by atoms with van der Waals surface area (Å²) in [7, 11) is 0. The van der Waals surface area contributed by atoms with Gasteiger partial charge in [-0.1, -0.05) is 48.8 Å². The second kappa shape index (κ2) is 4.63. The number of carbonyl (C=O) groups excluding carboxylic acids is 2. The number of carbonyl (C=O) groups is 2. The molecule has 22 heavy (non-hydrogen) atoms. The van der Waals surface area contributed by atoms with Crippen molar-refractivity contribution in [1.82, 2.24) is 0 Å². The van der Waals surface area contributed by atoms with Gasteiger partial charge in [-0.15, -0.1) is 0 Å². The summed E-state index contributed by atoms with van der Waals surface area (Å²) in [5, 5.41) is 2.70. The minimum absolute atomic E-state index is 0.0763. The molecule has 5 heteroatoms. The van der Waals surface area contributed by atoms with Crippen molar-refractivity contribution in [1.29, 1.82) is 0 Å². The topological polar surface area (TPSA) is 46.2 Å². The predicted octanol–water partition coefficient (Wildman–Crippen LogP) is 3.92. The Morgan fingerprint density at radius 3 is 2.45 bits per heavy atom. The van der Waals surface area contributed by atoms with Gasteiger partial charge in [0.05, 0.1) is 15.9 Å². The van der Waals surface area contributed by atoms with E-state index in [1.54, 1.807) is 12.1 Å². The van der Waals surface area contributed by atoms with E-state index in [4.69, 9.17) is 0 Å². The zero-order chi connectivity index (χ0) is 16.3. The maximum atomic E-state index is 13.8. The SMILES string of the molecule is CC1(C)[C@]2(C)CC[C@@]1(C(=O)Nc1ccccc1F)[C@@H](Br)C2=O. The highest BCUT2D eigenvalue weighted by Crippen LogP contribution is 2.72. The average Bonchev–Trinajstić information content (AvgIpc) is 2.74. The lowest BCUT2D eigenvalue weighted by Crippen LogP contribution is -2.48. The minimum Gasteiger partial charge on any atom is -0.323 e. The number of benzene rings is 1. The van der Waals surface area contributed by atoms with Crippen LogP contribution in [0.3, 0.4) is 0 Å². The number of alkyl halides is 1. The first-order valence-electron chi connectivity index (χ1n) is 7.43. The van der Waals surface area contributed by atoms with Crippen molar-refractivity contribution in [2.45, 2.75) is 38.4 Å². The van der Waals surface area contributed by atoms with Gasteiger partial charge in [-0.05, 0) is 30.4 Å². The Hall–Kier alpha value is -1.23. The molecule has 1 aromatic carbocycles. The maximum Gasteiger partial charge on any atom is 0.232 e. The van der Waals surface area contributed by atoms with Crippen molar-refractivity contribution in [2.24, 2.45) is 16.2 Å². The lowest BCUT2D eigenvalue weighted by molar-refractivity contribution is -0.130. The van der Waals surface area contributed by atoms with Crippen LogP contribution in [-0.4, -0.2) is 16.5 Å². The van der Waals surface area contributed by atoms with Crippen LogP contribution in [0.25, 0.3) is 0 Å². The first-order chi connectivity index (χ1) is 10.2. The lowest BCUT2D eigenvalue weighted by atomic mass is 9.64. The molecule has 2 bridgehead atoms. The molecule has 118 valence electrons. The smallest absolute Gasteiger partial charge is 0.232 e. The molecule has 0 heterocycles. The third-order valence-electron chi connectivity index (χ3n) is 6.25. The van der Waals surface area contributed by atoms with Crippen LogP contribution in [0, 0.1) is 22.1 Å². The molecule has 1 amide bonds. The van der Waals surface area contributed by atoms with E-state index >= 15 is 0 Å². The second-order valence-corrected chi connectivity index (χ2v) is 8.00. The average molecular weight is 368 g/mol. The van der Waals surface area contributed by atoms with Crippen molar-refractivity contribution < 1.29 is 14.0 Å². The molecule has 0 spiro atoms. The highest BCUT2D eigenvalue weighted by molar-refractivity contribution is 9.10. The number of para-hydroxylation sites is 1. The normalized spacial score (nSPS) is 35.7. The van der Waals surface area contributed by atoms with Crippen molar-refractivity contribution in [3.8, 4) is 0 Å². The summed E-state index contributed by atoms with van der Waals surface area (Å²) < 4.78 is 13.8.